The lowest BCUT2D eigenvalue weighted by atomic mass is 10.0. The molecule has 0 heterocycles. The number of hydrogen-bond donors (Lipinski definition) is 2. The molecule has 3 rings (SSSR count). The van der Waals surface area contributed by atoms with Crippen LogP contribution in [-0.4, -0.2) is 34.8 Å². The molecule has 33 heavy (non-hydrogen) atoms. The van der Waals surface area contributed by atoms with Crippen molar-refractivity contribution in [3.05, 3.63) is 120 Å². The van der Waals surface area contributed by atoms with Crippen LogP contribution in [0.5, 0.6) is 0 Å². The van der Waals surface area contributed by atoms with E-state index in [1.807, 2.05) is 91.0 Å². The van der Waals surface area contributed by atoms with E-state index in [9.17, 15) is 10.2 Å². The summed E-state index contributed by atoms with van der Waals surface area (Å²) in [4.78, 5) is 0. The molecule has 0 aliphatic rings. The predicted octanol–water partition coefficient (Wildman–Crippen LogP) is 4.63. The molecule has 3 aromatic rings. The van der Waals surface area contributed by atoms with E-state index in [1.165, 1.54) is 0 Å². The lowest BCUT2D eigenvalue weighted by Crippen LogP contribution is -2.53. The summed E-state index contributed by atoms with van der Waals surface area (Å²) in [5.41, 5.74) is 2.81. The molecule has 2 N–H and O–H groups in total. The van der Waals surface area contributed by atoms with E-state index in [4.69, 9.17) is 14.2 Å². The molecule has 0 spiro atoms. The monoisotopic (exact) mass is 448 g/mol. The Hall–Kier alpha value is -2.80. The van der Waals surface area contributed by atoms with E-state index >= 15 is 0 Å². The van der Waals surface area contributed by atoms with Gasteiger partial charge in [0.05, 0.1) is 26.4 Å². The summed E-state index contributed by atoms with van der Waals surface area (Å²) in [7, 11) is 0. The van der Waals surface area contributed by atoms with Crippen LogP contribution in [0.25, 0.3) is 0 Å². The van der Waals surface area contributed by atoms with Crippen molar-refractivity contribution in [1.29, 1.82) is 0 Å². The zero-order valence-electron chi connectivity index (χ0n) is 18.8. The first-order valence-electron chi connectivity index (χ1n) is 11.1. The van der Waals surface area contributed by atoms with E-state index in [1.54, 1.807) is 6.08 Å². The number of aliphatic hydroxyl groups is 2. The van der Waals surface area contributed by atoms with Gasteiger partial charge >= 0.3 is 0 Å². The van der Waals surface area contributed by atoms with E-state index in [0.29, 0.717) is 6.61 Å². The van der Waals surface area contributed by atoms with Crippen LogP contribution in [-0.2, 0) is 34.0 Å². The minimum Gasteiger partial charge on any atom is -0.388 e. The highest BCUT2D eigenvalue weighted by Crippen LogP contribution is 2.27. The molecule has 0 aliphatic carbocycles. The molecule has 0 aliphatic heterocycles. The molecular formula is C28H32O5. The minimum atomic E-state index is -1.79. The van der Waals surface area contributed by atoms with Crippen LogP contribution in [0.15, 0.2) is 104 Å². The Balaban J connectivity index is 1.72. The third kappa shape index (κ3) is 7.93. The van der Waals surface area contributed by atoms with Crippen LogP contribution < -0.4 is 0 Å². The van der Waals surface area contributed by atoms with Gasteiger partial charge in [-0.1, -0.05) is 97.1 Å². The molecule has 3 atom stereocenters. The standard InChI is InChI=1S/C28H32O5/c1-2-18-28(30,33-21-25-16-10-5-11-17-25)27(32-20-24-14-8-4-9-15-24)26(29)22-31-19-23-12-6-3-7-13-23/h2-17,26-27,29-30H,1,18-22H2/t26-,27+,28-/m1/s1. The topological polar surface area (TPSA) is 68.2 Å². The van der Waals surface area contributed by atoms with Gasteiger partial charge in [0, 0.05) is 6.42 Å². The third-order valence-electron chi connectivity index (χ3n) is 5.24. The Morgan fingerprint density at radius 2 is 1.24 bits per heavy atom. The fourth-order valence-electron chi connectivity index (χ4n) is 3.51. The Morgan fingerprint density at radius 1 is 0.758 bits per heavy atom. The maximum atomic E-state index is 11.5. The SMILES string of the molecule is C=CC[C@@](O)(OCc1ccccc1)[C@@H](OCc1ccccc1)[C@H](O)COCc1ccccc1. The first kappa shape index (κ1) is 24.8. The molecule has 0 unspecified atom stereocenters. The van der Waals surface area contributed by atoms with Crippen molar-refractivity contribution in [2.75, 3.05) is 6.61 Å². The van der Waals surface area contributed by atoms with E-state index in [-0.39, 0.29) is 26.2 Å². The van der Waals surface area contributed by atoms with Gasteiger partial charge in [-0.3, -0.25) is 0 Å². The van der Waals surface area contributed by atoms with Gasteiger partial charge in [-0.15, -0.1) is 6.58 Å². The molecule has 0 aromatic heterocycles. The van der Waals surface area contributed by atoms with Gasteiger partial charge in [-0.25, -0.2) is 0 Å². The summed E-state index contributed by atoms with van der Waals surface area (Å²) in [5.74, 6) is -1.79. The summed E-state index contributed by atoms with van der Waals surface area (Å²) in [6.07, 6.45) is -0.551. The number of aliphatic hydroxyl groups excluding tert-OH is 1. The summed E-state index contributed by atoms with van der Waals surface area (Å²) >= 11 is 0. The summed E-state index contributed by atoms with van der Waals surface area (Å²) in [5, 5.41) is 22.5. The molecule has 0 radical (unpaired) electrons. The summed E-state index contributed by atoms with van der Waals surface area (Å²) in [6, 6.07) is 28.8. The van der Waals surface area contributed by atoms with Crippen LogP contribution in [0.4, 0.5) is 0 Å². The van der Waals surface area contributed by atoms with Crippen molar-refractivity contribution < 1.29 is 24.4 Å². The molecule has 0 fully saturated rings. The second-order valence-electron chi connectivity index (χ2n) is 7.90. The molecule has 0 saturated carbocycles. The van der Waals surface area contributed by atoms with Gasteiger partial charge in [-0.05, 0) is 16.7 Å². The smallest absolute Gasteiger partial charge is 0.198 e. The highest BCUT2D eigenvalue weighted by Gasteiger charge is 2.42. The normalized spacial score (nSPS) is 14.8. The van der Waals surface area contributed by atoms with Crippen molar-refractivity contribution in [3.8, 4) is 0 Å². The average Bonchev–Trinajstić information content (AvgIpc) is 2.85. The second kappa shape index (κ2) is 13.0. The van der Waals surface area contributed by atoms with Gasteiger partial charge in [0.25, 0.3) is 0 Å². The van der Waals surface area contributed by atoms with Gasteiger partial charge < -0.3 is 24.4 Å². The Kier molecular flexibility index (Phi) is 9.81. The summed E-state index contributed by atoms with van der Waals surface area (Å²) in [6.45, 7) is 4.43. The maximum absolute atomic E-state index is 11.5. The molecule has 0 saturated heterocycles. The average molecular weight is 449 g/mol. The lowest BCUT2D eigenvalue weighted by Gasteiger charge is -2.37. The largest absolute Gasteiger partial charge is 0.388 e. The van der Waals surface area contributed by atoms with E-state index in [2.05, 4.69) is 6.58 Å². The van der Waals surface area contributed by atoms with Crippen LogP contribution >= 0.6 is 0 Å². The van der Waals surface area contributed by atoms with Gasteiger partial charge in [0.1, 0.15) is 12.2 Å². The highest BCUT2D eigenvalue weighted by atomic mass is 16.7. The third-order valence-corrected chi connectivity index (χ3v) is 5.24. The Morgan fingerprint density at radius 3 is 1.76 bits per heavy atom. The zero-order valence-corrected chi connectivity index (χ0v) is 18.8. The molecule has 0 amide bonds. The Bertz CT molecular complexity index is 932. The molecule has 3 aromatic carbocycles. The van der Waals surface area contributed by atoms with Crippen LogP contribution in [0.2, 0.25) is 0 Å². The molecule has 0 bridgehead atoms. The molecule has 5 nitrogen and oxygen atoms in total. The van der Waals surface area contributed by atoms with Crippen LogP contribution in [0.3, 0.4) is 0 Å². The lowest BCUT2D eigenvalue weighted by molar-refractivity contribution is -0.294. The maximum Gasteiger partial charge on any atom is 0.198 e. The first-order chi connectivity index (χ1) is 16.1. The van der Waals surface area contributed by atoms with Crippen molar-refractivity contribution in [2.45, 2.75) is 44.2 Å². The zero-order chi connectivity index (χ0) is 23.4. The fraction of sp³-hybridized carbons (Fsp3) is 0.286. The van der Waals surface area contributed by atoms with Crippen LogP contribution in [0, 0.1) is 0 Å². The fourth-order valence-corrected chi connectivity index (χ4v) is 3.51. The summed E-state index contributed by atoms with van der Waals surface area (Å²) < 4.78 is 17.7. The second-order valence-corrected chi connectivity index (χ2v) is 7.90. The number of hydrogen-bond acceptors (Lipinski definition) is 5. The molecule has 5 heteroatoms. The van der Waals surface area contributed by atoms with Crippen molar-refractivity contribution in [2.24, 2.45) is 0 Å². The van der Waals surface area contributed by atoms with Gasteiger partial charge in [0.15, 0.2) is 5.79 Å². The van der Waals surface area contributed by atoms with Crippen molar-refractivity contribution in [3.63, 3.8) is 0 Å². The van der Waals surface area contributed by atoms with Crippen LogP contribution in [0.1, 0.15) is 23.1 Å². The number of benzene rings is 3. The van der Waals surface area contributed by atoms with Crippen molar-refractivity contribution in [1.82, 2.24) is 0 Å². The first-order valence-corrected chi connectivity index (χ1v) is 11.1. The minimum absolute atomic E-state index is 0.0253. The highest BCUT2D eigenvalue weighted by molar-refractivity contribution is 5.15. The molecule has 174 valence electrons. The number of ether oxygens (including phenoxy) is 3. The van der Waals surface area contributed by atoms with E-state index < -0.39 is 18.0 Å². The Labute approximate surface area is 195 Å². The van der Waals surface area contributed by atoms with E-state index in [0.717, 1.165) is 16.7 Å². The molecular weight excluding hydrogens is 416 g/mol. The van der Waals surface area contributed by atoms with Gasteiger partial charge in [-0.2, -0.15) is 0 Å². The predicted molar refractivity (Wildman–Crippen MR) is 128 cm³/mol. The quantitative estimate of drug-likeness (QED) is 0.278. The number of rotatable bonds is 14. The van der Waals surface area contributed by atoms with Crippen molar-refractivity contribution >= 4 is 0 Å². The van der Waals surface area contributed by atoms with Gasteiger partial charge in [0.2, 0.25) is 0 Å².